The summed E-state index contributed by atoms with van der Waals surface area (Å²) in [5.74, 6) is -0.998. The number of benzene rings is 2. The topological polar surface area (TPSA) is 52.9 Å². The summed E-state index contributed by atoms with van der Waals surface area (Å²) in [6, 6.07) is 12.2. The first-order valence-electron chi connectivity index (χ1n) is 5.37. The standard InChI is InChI=1S/C14H8ClFN2O/c15-12-7-10(4-5-13(12)16)14(19)18-11-3-1-2-9(6-11)8-17/h1-7H,(H,18,19). The smallest absolute Gasteiger partial charge is 0.255 e. The van der Waals surface area contributed by atoms with Crippen molar-refractivity contribution >= 4 is 23.2 Å². The van der Waals surface area contributed by atoms with Crippen molar-refractivity contribution in [1.82, 2.24) is 0 Å². The monoisotopic (exact) mass is 274 g/mol. The molecule has 2 aromatic carbocycles. The maximum atomic E-state index is 13.0. The lowest BCUT2D eigenvalue weighted by Crippen LogP contribution is -2.12. The number of nitriles is 1. The van der Waals surface area contributed by atoms with E-state index < -0.39 is 11.7 Å². The number of hydrogen-bond donors (Lipinski definition) is 1. The fourth-order valence-electron chi connectivity index (χ4n) is 1.51. The lowest BCUT2D eigenvalue weighted by atomic mass is 10.2. The van der Waals surface area contributed by atoms with Gasteiger partial charge in [0.2, 0.25) is 0 Å². The Balaban J connectivity index is 2.21. The van der Waals surface area contributed by atoms with Crippen LogP contribution in [-0.4, -0.2) is 5.91 Å². The zero-order chi connectivity index (χ0) is 13.8. The Bertz CT molecular complexity index is 679. The Morgan fingerprint density at radius 1 is 1.26 bits per heavy atom. The zero-order valence-corrected chi connectivity index (χ0v) is 10.4. The van der Waals surface area contributed by atoms with Crippen LogP contribution in [0.25, 0.3) is 0 Å². The molecule has 0 fully saturated rings. The minimum Gasteiger partial charge on any atom is -0.322 e. The Kier molecular flexibility index (Phi) is 3.79. The van der Waals surface area contributed by atoms with Crippen molar-refractivity contribution in [2.75, 3.05) is 5.32 Å². The number of nitrogens with zero attached hydrogens (tertiary/aromatic N) is 1. The molecule has 0 saturated heterocycles. The number of amides is 1. The van der Waals surface area contributed by atoms with Crippen LogP contribution in [0, 0.1) is 17.1 Å². The van der Waals surface area contributed by atoms with Crippen LogP contribution in [0.3, 0.4) is 0 Å². The third kappa shape index (κ3) is 3.09. The molecule has 0 spiro atoms. The van der Waals surface area contributed by atoms with Gasteiger partial charge < -0.3 is 5.32 Å². The molecule has 0 aromatic heterocycles. The summed E-state index contributed by atoms with van der Waals surface area (Å²) < 4.78 is 13.0. The Morgan fingerprint density at radius 2 is 2.05 bits per heavy atom. The summed E-state index contributed by atoms with van der Waals surface area (Å²) >= 11 is 5.61. The fourth-order valence-corrected chi connectivity index (χ4v) is 1.69. The minimum absolute atomic E-state index is 0.113. The minimum atomic E-state index is -0.579. The van der Waals surface area contributed by atoms with Gasteiger partial charge in [-0.1, -0.05) is 17.7 Å². The highest BCUT2D eigenvalue weighted by Gasteiger charge is 2.09. The quantitative estimate of drug-likeness (QED) is 0.909. The second-order valence-corrected chi connectivity index (χ2v) is 4.18. The van der Waals surface area contributed by atoms with Gasteiger partial charge in [-0.3, -0.25) is 4.79 Å². The first kappa shape index (κ1) is 13.1. The molecule has 0 saturated carbocycles. The average molecular weight is 275 g/mol. The number of nitrogens with one attached hydrogen (secondary N) is 1. The second kappa shape index (κ2) is 5.51. The highest BCUT2D eigenvalue weighted by molar-refractivity contribution is 6.31. The van der Waals surface area contributed by atoms with Crippen molar-refractivity contribution in [3.05, 3.63) is 64.4 Å². The molecule has 94 valence electrons. The van der Waals surface area contributed by atoms with Crippen molar-refractivity contribution < 1.29 is 9.18 Å². The Morgan fingerprint density at radius 3 is 2.74 bits per heavy atom. The van der Waals surface area contributed by atoms with Crippen molar-refractivity contribution in [1.29, 1.82) is 5.26 Å². The van der Waals surface area contributed by atoms with E-state index in [1.165, 1.54) is 12.1 Å². The van der Waals surface area contributed by atoms with Crippen molar-refractivity contribution in [3.8, 4) is 6.07 Å². The molecule has 0 atom stereocenters. The molecule has 19 heavy (non-hydrogen) atoms. The summed E-state index contributed by atoms with van der Waals surface area (Å²) in [5, 5.41) is 11.3. The second-order valence-electron chi connectivity index (χ2n) is 3.78. The normalized spacial score (nSPS) is 9.74. The predicted octanol–water partition coefficient (Wildman–Crippen LogP) is 3.60. The molecule has 0 unspecified atom stereocenters. The molecule has 0 aliphatic heterocycles. The van der Waals surface area contributed by atoms with Gasteiger partial charge in [0.05, 0.1) is 16.7 Å². The number of rotatable bonds is 2. The zero-order valence-electron chi connectivity index (χ0n) is 9.65. The number of carbonyl (C=O) groups excluding carboxylic acids is 1. The largest absolute Gasteiger partial charge is 0.322 e. The molecule has 0 radical (unpaired) electrons. The van der Waals surface area contributed by atoms with Crippen LogP contribution in [-0.2, 0) is 0 Å². The third-order valence-electron chi connectivity index (χ3n) is 2.43. The van der Waals surface area contributed by atoms with E-state index in [1.54, 1.807) is 24.3 Å². The summed E-state index contributed by atoms with van der Waals surface area (Å²) in [4.78, 5) is 11.9. The first-order valence-corrected chi connectivity index (χ1v) is 5.74. The van der Waals surface area contributed by atoms with Crippen LogP contribution in [0.4, 0.5) is 10.1 Å². The van der Waals surface area contributed by atoms with E-state index in [-0.39, 0.29) is 10.6 Å². The molecule has 1 amide bonds. The molecule has 0 aliphatic rings. The van der Waals surface area contributed by atoms with E-state index >= 15 is 0 Å². The summed E-state index contributed by atoms with van der Waals surface area (Å²) in [6.07, 6.45) is 0. The van der Waals surface area contributed by atoms with Gasteiger partial charge in [0.15, 0.2) is 0 Å². The van der Waals surface area contributed by atoms with Crippen LogP contribution in [0.5, 0.6) is 0 Å². The van der Waals surface area contributed by atoms with Crippen LogP contribution in [0.2, 0.25) is 5.02 Å². The molecule has 1 N–H and O–H groups in total. The van der Waals surface area contributed by atoms with Crippen LogP contribution >= 0.6 is 11.6 Å². The number of hydrogen-bond acceptors (Lipinski definition) is 2. The van der Waals surface area contributed by atoms with E-state index in [9.17, 15) is 9.18 Å². The summed E-state index contributed by atoms with van der Waals surface area (Å²) in [5.41, 5.74) is 1.17. The molecule has 0 bridgehead atoms. The van der Waals surface area contributed by atoms with Crippen molar-refractivity contribution in [2.24, 2.45) is 0 Å². The Hall–Kier alpha value is -2.38. The van der Waals surface area contributed by atoms with E-state index in [0.29, 0.717) is 11.3 Å². The lowest BCUT2D eigenvalue weighted by molar-refractivity contribution is 0.102. The molecular weight excluding hydrogens is 267 g/mol. The fraction of sp³-hybridized carbons (Fsp3) is 0. The third-order valence-corrected chi connectivity index (χ3v) is 2.72. The van der Waals surface area contributed by atoms with Crippen LogP contribution in [0.15, 0.2) is 42.5 Å². The van der Waals surface area contributed by atoms with Gasteiger partial charge >= 0.3 is 0 Å². The van der Waals surface area contributed by atoms with Gasteiger partial charge in [-0.25, -0.2) is 4.39 Å². The molecular formula is C14H8ClFN2O. The Labute approximate surface area is 114 Å². The molecule has 3 nitrogen and oxygen atoms in total. The van der Waals surface area contributed by atoms with E-state index in [0.717, 1.165) is 6.07 Å². The van der Waals surface area contributed by atoms with E-state index in [2.05, 4.69) is 5.32 Å². The van der Waals surface area contributed by atoms with Crippen LogP contribution < -0.4 is 5.32 Å². The highest BCUT2D eigenvalue weighted by atomic mass is 35.5. The SMILES string of the molecule is N#Cc1cccc(NC(=O)c2ccc(F)c(Cl)c2)c1. The number of carbonyl (C=O) groups is 1. The van der Waals surface area contributed by atoms with Gasteiger partial charge in [-0.2, -0.15) is 5.26 Å². The lowest BCUT2D eigenvalue weighted by Gasteiger charge is -2.06. The van der Waals surface area contributed by atoms with Gasteiger partial charge in [-0.15, -0.1) is 0 Å². The van der Waals surface area contributed by atoms with Gasteiger partial charge in [0.1, 0.15) is 5.82 Å². The molecule has 5 heteroatoms. The van der Waals surface area contributed by atoms with Crippen LogP contribution in [0.1, 0.15) is 15.9 Å². The molecule has 0 aliphatic carbocycles. The van der Waals surface area contributed by atoms with Crippen molar-refractivity contribution in [2.45, 2.75) is 0 Å². The van der Waals surface area contributed by atoms with Gasteiger partial charge in [0.25, 0.3) is 5.91 Å². The molecule has 0 heterocycles. The number of halogens is 2. The highest BCUT2D eigenvalue weighted by Crippen LogP contribution is 2.17. The molecule has 2 rings (SSSR count). The van der Waals surface area contributed by atoms with Gasteiger partial charge in [-0.05, 0) is 36.4 Å². The summed E-state index contributed by atoms with van der Waals surface area (Å²) in [7, 11) is 0. The first-order chi connectivity index (χ1) is 9.10. The van der Waals surface area contributed by atoms with E-state index in [1.807, 2.05) is 6.07 Å². The maximum Gasteiger partial charge on any atom is 0.255 e. The van der Waals surface area contributed by atoms with Crippen molar-refractivity contribution in [3.63, 3.8) is 0 Å². The van der Waals surface area contributed by atoms with E-state index in [4.69, 9.17) is 16.9 Å². The predicted molar refractivity (Wildman–Crippen MR) is 70.5 cm³/mol. The molecule has 2 aromatic rings. The number of anilines is 1. The average Bonchev–Trinajstić information content (AvgIpc) is 2.42. The summed E-state index contributed by atoms with van der Waals surface area (Å²) in [6.45, 7) is 0. The van der Waals surface area contributed by atoms with Gasteiger partial charge in [0, 0.05) is 11.3 Å². The maximum absolute atomic E-state index is 13.0.